The van der Waals surface area contributed by atoms with Gasteiger partial charge in [-0.3, -0.25) is 20.5 Å². The van der Waals surface area contributed by atoms with E-state index < -0.39 is 4.92 Å². The maximum Gasteiger partial charge on any atom is 0.280 e. The Labute approximate surface area is 130 Å². The number of fused-ring (bicyclic) bond motifs is 1. The van der Waals surface area contributed by atoms with E-state index in [1.165, 1.54) is 22.8 Å². The molecule has 0 bridgehead atoms. The maximum absolute atomic E-state index is 10.7. The second kappa shape index (κ2) is 5.90. The van der Waals surface area contributed by atoms with Gasteiger partial charge in [0.25, 0.3) is 5.69 Å². The van der Waals surface area contributed by atoms with Crippen molar-refractivity contribution < 1.29 is 4.92 Å². The average Bonchev–Trinajstić information content (AvgIpc) is 3.03. The number of benzene rings is 1. The van der Waals surface area contributed by atoms with Crippen LogP contribution >= 0.6 is 11.3 Å². The number of nitro groups is 1. The number of nitrogens with zero attached hydrogens (tertiary/aromatic N) is 3. The highest BCUT2D eigenvalue weighted by Crippen LogP contribution is 2.23. The molecule has 3 rings (SSSR count). The number of hydrogen-bond acceptors (Lipinski definition) is 6. The zero-order valence-corrected chi connectivity index (χ0v) is 12.5. The van der Waals surface area contributed by atoms with Gasteiger partial charge in [0.15, 0.2) is 0 Å². The SMILES string of the molecule is C/C(=N/Nc1cccc2cccnc12)c1cc([N+](=O)[O-])cs1. The normalized spacial score (nSPS) is 11.6. The second-order valence-electron chi connectivity index (χ2n) is 4.62. The fraction of sp³-hybridized carbons (Fsp3) is 0.0667. The van der Waals surface area contributed by atoms with E-state index in [1.807, 2.05) is 30.3 Å². The van der Waals surface area contributed by atoms with Crippen LogP contribution < -0.4 is 5.43 Å². The monoisotopic (exact) mass is 312 g/mol. The van der Waals surface area contributed by atoms with Gasteiger partial charge in [0.05, 0.1) is 32.1 Å². The molecule has 3 aromatic rings. The Morgan fingerprint density at radius 1 is 1.36 bits per heavy atom. The van der Waals surface area contributed by atoms with Gasteiger partial charge >= 0.3 is 0 Å². The minimum absolute atomic E-state index is 0.0846. The molecule has 0 atom stereocenters. The number of anilines is 1. The molecule has 0 saturated heterocycles. The number of aromatic nitrogens is 1. The third kappa shape index (κ3) is 2.79. The van der Waals surface area contributed by atoms with Crippen LogP contribution in [0.1, 0.15) is 11.8 Å². The Morgan fingerprint density at radius 2 is 2.18 bits per heavy atom. The molecule has 0 aliphatic rings. The van der Waals surface area contributed by atoms with Crippen LogP contribution in [-0.4, -0.2) is 15.6 Å². The third-order valence-corrected chi connectivity index (χ3v) is 4.16. The second-order valence-corrected chi connectivity index (χ2v) is 5.53. The molecule has 0 spiro atoms. The summed E-state index contributed by atoms with van der Waals surface area (Å²) in [5.41, 5.74) is 5.38. The van der Waals surface area contributed by atoms with E-state index in [-0.39, 0.29) is 5.69 Å². The number of nitrogens with one attached hydrogen (secondary N) is 1. The highest BCUT2D eigenvalue weighted by atomic mass is 32.1. The lowest BCUT2D eigenvalue weighted by molar-refractivity contribution is -0.384. The molecule has 0 saturated carbocycles. The average molecular weight is 312 g/mol. The molecular weight excluding hydrogens is 300 g/mol. The van der Waals surface area contributed by atoms with Gasteiger partial charge in [-0.1, -0.05) is 18.2 Å². The molecule has 0 aliphatic heterocycles. The lowest BCUT2D eigenvalue weighted by atomic mass is 10.2. The van der Waals surface area contributed by atoms with Gasteiger partial charge in [-0.05, 0) is 19.1 Å². The molecular formula is C15H12N4O2S. The lowest BCUT2D eigenvalue weighted by Gasteiger charge is -2.05. The van der Waals surface area contributed by atoms with Crippen molar-refractivity contribution in [2.45, 2.75) is 6.92 Å². The standard InChI is InChI=1S/C15H12N4O2S/c1-10(14-8-12(9-22-14)19(20)21)17-18-13-6-2-4-11-5-3-7-16-15(11)13/h2-9,18H,1H3/b17-10-. The van der Waals surface area contributed by atoms with E-state index in [1.54, 1.807) is 13.1 Å². The summed E-state index contributed by atoms with van der Waals surface area (Å²) in [5, 5.41) is 17.5. The number of rotatable bonds is 4. The van der Waals surface area contributed by atoms with Crippen molar-refractivity contribution >= 4 is 39.3 Å². The van der Waals surface area contributed by atoms with E-state index in [0.29, 0.717) is 5.71 Å². The molecule has 0 radical (unpaired) electrons. The first-order valence-electron chi connectivity index (χ1n) is 6.52. The summed E-state index contributed by atoms with van der Waals surface area (Å²) in [7, 11) is 0. The fourth-order valence-corrected chi connectivity index (χ4v) is 2.81. The fourth-order valence-electron chi connectivity index (χ4n) is 2.01. The number of pyridine rings is 1. The van der Waals surface area contributed by atoms with Crippen LogP contribution in [0.2, 0.25) is 0 Å². The highest BCUT2D eigenvalue weighted by Gasteiger charge is 2.11. The van der Waals surface area contributed by atoms with Gasteiger partial charge in [-0.15, -0.1) is 11.3 Å². The van der Waals surface area contributed by atoms with Gasteiger partial charge in [0, 0.05) is 17.6 Å². The lowest BCUT2D eigenvalue weighted by Crippen LogP contribution is -1.98. The van der Waals surface area contributed by atoms with Gasteiger partial charge in [0.1, 0.15) is 0 Å². The van der Waals surface area contributed by atoms with Gasteiger partial charge in [0.2, 0.25) is 0 Å². The van der Waals surface area contributed by atoms with Crippen LogP contribution in [0.25, 0.3) is 10.9 Å². The van der Waals surface area contributed by atoms with Gasteiger partial charge in [-0.2, -0.15) is 5.10 Å². The molecule has 22 heavy (non-hydrogen) atoms. The topological polar surface area (TPSA) is 80.4 Å². The molecule has 1 aromatic carbocycles. The number of hydrazone groups is 1. The van der Waals surface area contributed by atoms with Crippen LogP contribution in [0.4, 0.5) is 11.4 Å². The first kappa shape index (κ1) is 14.2. The Morgan fingerprint density at radius 3 is 2.95 bits per heavy atom. The molecule has 0 aliphatic carbocycles. The first-order chi connectivity index (χ1) is 10.6. The van der Waals surface area contributed by atoms with Crippen molar-refractivity contribution in [3.05, 3.63) is 63.0 Å². The predicted molar refractivity (Wildman–Crippen MR) is 88.6 cm³/mol. The molecule has 7 heteroatoms. The summed E-state index contributed by atoms with van der Waals surface area (Å²) in [6.45, 7) is 1.81. The van der Waals surface area contributed by atoms with Crippen LogP contribution in [0.15, 0.2) is 53.1 Å². The van der Waals surface area contributed by atoms with E-state index in [9.17, 15) is 10.1 Å². The summed E-state index contributed by atoms with van der Waals surface area (Å²) >= 11 is 1.30. The van der Waals surface area contributed by atoms with Gasteiger partial charge < -0.3 is 0 Å². The number of thiophene rings is 1. The summed E-state index contributed by atoms with van der Waals surface area (Å²) < 4.78 is 0. The number of hydrogen-bond donors (Lipinski definition) is 1. The molecule has 0 unspecified atom stereocenters. The Kier molecular flexibility index (Phi) is 3.80. The maximum atomic E-state index is 10.7. The van der Waals surface area contributed by atoms with Gasteiger partial charge in [-0.25, -0.2) is 0 Å². The largest absolute Gasteiger partial charge is 0.280 e. The van der Waals surface area contributed by atoms with E-state index in [2.05, 4.69) is 15.5 Å². The number of para-hydroxylation sites is 1. The Balaban J connectivity index is 1.87. The smallest absolute Gasteiger partial charge is 0.276 e. The van der Waals surface area contributed by atoms with Crippen molar-refractivity contribution in [2.75, 3.05) is 5.43 Å². The zero-order chi connectivity index (χ0) is 15.5. The Hall–Kier alpha value is -2.80. The minimum Gasteiger partial charge on any atom is -0.276 e. The Bertz CT molecular complexity index is 867. The summed E-state index contributed by atoms with van der Waals surface area (Å²) in [4.78, 5) is 15.4. The molecule has 1 N–H and O–H groups in total. The third-order valence-electron chi connectivity index (χ3n) is 3.13. The molecule has 2 aromatic heterocycles. The van der Waals surface area contributed by atoms with Crippen molar-refractivity contribution in [2.24, 2.45) is 5.10 Å². The summed E-state index contributed by atoms with van der Waals surface area (Å²) in [5.74, 6) is 0. The van der Waals surface area contributed by atoms with Crippen LogP contribution in [-0.2, 0) is 0 Å². The molecule has 6 nitrogen and oxygen atoms in total. The minimum atomic E-state index is -0.407. The molecule has 0 fully saturated rings. The van der Waals surface area contributed by atoms with Crippen LogP contribution in [0.5, 0.6) is 0 Å². The highest BCUT2D eigenvalue weighted by molar-refractivity contribution is 7.12. The molecule has 0 amide bonds. The van der Waals surface area contributed by atoms with Crippen LogP contribution in [0, 0.1) is 10.1 Å². The van der Waals surface area contributed by atoms with Crippen LogP contribution in [0.3, 0.4) is 0 Å². The summed E-state index contributed by atoms with van der Waals surface area (Å²) in [6, 6.07) is 11.2. The van der Waals surface area contributed by atoms with E-state index >= 15 is 0 Å². The molecule has 2 heterocycles. The van der Waals surface area contributed by atoms with Crippen molar-refractivity contribution in [3.8, 4) is 0 Å². The van der Waals surface area contributed by atoms with Crippen molar-refractivity contribution in [1.82, 2.24) is 4.98 Å². The molecule has 110 valence electrons. The van der Waals surface area contributed by atoms with E-state index in [0.717, 1.165) is 21.5 Å². The first-order valence-corrected chi connectivity index (χ1v) is 7.40. The van der Waals surface area contributed by atoms with E-state index in [4.69, 9.17) is 0 Å². The zero-order valence-electron chi connectivity index (χ0n) is 11.7. The quantitative estimate of drug-likeness (QED) is 0.448. The van der Waals surface area contributed by atoms with Crippen molar-refractivity contribution in [3.63, 3.8) is 0 Å². The summed E-state index contributed by atoms with van der Waals surface area (Å²) in [6.07, 6.45) is 1.73. The predicted octanol–water partition coefficient (Wildman–Crippen LogP) is 4.04. The van der Waals surface area contributed by atoms with Crippen molar-refractivity contribution in [1.29, 1.82) is 0 Å².